The first-order valence-corrected chi connectivity index (χ1v) is 12.8. The van der Waals surface area contributed by atoms with Crippen molar-refractivity contribution in [1.29, 1.82) is 0 Å². The maximum Gasteiger partial charge on any atom is 0.343 e. The van der Waals surface area contributed by atoms with E-state index in [9.17, 15) is 14.7 Å². The first-order chi connectivity index (χ1) is 18.9. The van der Waals surface area contributed by atoms with Gasteiger partial charge in [-0.2, -0.15) is 0 Å². The van der Waals surface area contributed by atoms with Gasteiger partial charge in [-0.1, -0.05) is 19.1 Å². The average Bonchev–Trinajstić information content (AvgIpc) is 3.55. The molecule has 0 fully saturated rings. The van der Waals surface area contributed by atoms with Crippen molar-refractivity contribution >= 4 is 22.6 Å². The predicted molar refractivity (Wildman–Crippen MR) is 142 cm³/mol. The van der Waals surface area contributed by atoms with Crippen LogP contribution in [0.1, 0.15) is 41.2 Å². The fourth-order valence-corrected chi connectivity index (χ4v) is 5.72. The zero-order valence-electron chi connectivity index (χ0n) is 21.2. The minimum atomic E-state index is -1.88. The summed E-state index contributed by atoms with van der Waals surface area (Å²) in [4.78, 5) is 31.1. The van der Waals surface area contributed by atoms with Crippen LogP contribution in [-0.4, -0.2) is 27.4 Å². The Morgan fingerprint density at radius 3 is 2.59 bits per heavy atom. The number of nitrogens with two attached hydrogens (primary N) is 1. The van der Waals surface area contributed by atoms with E-state index in [1.165, 1.54) is 0 Å². The molecule has 0 unspecified atom stereocenters. The molecule has 198 valence electrons. The lowest BCUT2D eigenvalue weighted by molar-refractivity contribution is -0.172. The smallest absolute Gasteiger partial charge is 0.343 e. The Morgan fingerprint density at radius 1 is 1.05 bits per heavy atom. The molecular weight excluding hydrogens is 500 g/mol. The van der Waals surface area contributed by atoms with Crippen LogP contribution >= 0.6 is 0 Å². The maximum atomic E-state index is 13.6. The number of cyclic esters (lactones) is 1. The third-order valence-electron chi connectivity index (χ3n) is 7.91. The highest BCUT2D eigenvalue weighted by molar-refractivity contribution is 5.91. The summed E-state index contributed by atoms with van der Waals surface area (Å²) in [6.07, 6.45) is 0.0868. The Hall–Kier alpha value is -4.41. The number of anilines is 1. The molecule has 4 aromatic rings. The van der Waals surface area contributed by atoms with Crippen LogP contribution < -0.4 is 26.1 Å². The van der Waals surface area contributed by atoms with Gasteiger partial charge < -0.3 is 34.9 Å². The van der Waals surface area contributed by atoms with E-state index < -0.39 is 11.6 Å². The zero-order chi connectivity index (χ0) is 26.9. The molecule has 2 aromatic heterocycles. The van der Waals surface area contributed by atoms with Gasteiger partial charge in [-0.15, -0.1) is 0 Å². The number of nitrogens with zero attached hydrogens (tertiary/aromatic N) is 2. The van der Waals surface area contributed by atoms with Gasteiger partial charge >= 0.3 is 5.97 Å². The molecule has 10 heteroatoms. The number of ether oxygens (including phenoxy) is 3. The highest BCUT2D eigenvalue weighted by atomic mass is 16.7. The minimum absolute atomic E-state index is 0.0868. The second-order valence-corrected chi connectivity index (χ2v) is 10.1. The van der Waals surface area contributed by atoms with Crippen LogP contribution in [-0.2, 0) is 41.4 Å². The van der Waals surface area contributed by atoms with Crippen molar-refractivity contribution in [3.63, 3.8) is 0 Å². The van der Waals surface area contributed by atoms with Gasteiger partial charge in [-0.3, -0.25) is 4.79 Å². The van der Waals surface area contributed by atoms with Gasteiger partial charge in [0.2, 0.25) is 6.79 Å². The molecule has 4 N–H and O–H groups in total. The number of nitrogen functional groups attached to an aromatic ring is 1. The molecule has 39 heavy (non-hydrogen) atoms. The number of hydrogen-bond donors (Lipinski definition) is 3. The summed E-state index contributed by atoms with van der Waals surface area (Å²) < 4.78 is 18.1. The highest BCUT2D eigenvalue weighted by Gasteiger charge is 2.45. The molecule has 3 aliphatic rings. The predicted octanol–water partition coefficient (Wildman–Crippen LogP) is 2.68. The van der Waals surface area contributed by atoms with Crippen molar-refractivity contribution in [1.82, 2.24) is 14.9 Å². The van der Waals surface area contributed by atoms with Crippen molar-refractivity contribution in [3.05, 3.63) is 80.6 Å². The third kappa shape index (κ3) is 3.52. The van der Waals surface area contributed by atoms with Gasteiger partial charge in [-0.05, 0) is 41.8 Å². The largest absolute Gasteiger partial charge is 0.458 e. The molecule has 2 aromatic carbocycles. The van der Waals surface area contributed by atoms with Crippen LogP contribution in [0, 0.1) is 0 Å². The standard InChI is InChI=1S/C29H26N4O6/c1-2-29(36)21-8-23-26-19(12-33(23)27(34)20(21)13-37-28(29)35)18(11-31-10-15-3-5-16(30)6-4-15)17-7-24-25(39-14-38-24)9-22(17)32-26/h3-9,31,36H,2,10-14,30H2,1H3/t29-/m0/s1. The lowest BCUT2D eigenvalue weighted by Gasteiger charge is -2.31. The van der Waals surface area contributed by atoms with Gasteiger partial charge in [0.1, 0.15) is 6.61 Å². The van der Waals surface area contributed by atoms with Crippen LogP contribution in [0.3, 0.4) is 0 Å². The molecule has 7 rings (SSSR count). The molecule has 1 atom stereocenters. The summed E-state index contributed by atoms with van der Waals surface area (Å²) in [7, 11) is 0. The molecule has 0 amide bonds. The lowest BCUT2D eigenvalue weighted by Crippen LogP contribution is -2.44. The molecule has 0 aliphatic carbocycles. The molecule has 3 aliphatic heterocycles. The number of carbonyl (C=O) groups excluding carboxylic acids is 1. The first kappa shape index (κ1) is 23.7. The molecule has 10 nitrogen and oxygen atoms in total. The molecule has 0 spiro atoms. The van der Waals surface area contributed by atoms with E-state index in [-0.39, 0.29) is 25.4 Å². The van der Waals surface area contributed by atoms with E-state index in [4.69, 9.17) is 24.9 Å². The Morgan fingerprint density at radius 2 is 1.82 bits per heavy atom. The molecule has 0 radical (unpaired) electrons. The number of nitrogens with one attached hydrogen (secondary N) is 1. The minimum Gasteiger partial charge on any atom is -0.458 e. The average molecular weight is 527 g/mol. The Labute approximate surface area is 222 Å². The maximum absolute atomic E-state index is 13.6. The van der Waals surface area contributed by atoms with Gasteiger partial charge in [0.05, 0.1) is 29.0 Å². The van der Waals surface area contributed by atoms with Gasteiger partial charge in [0.25, 0.3) is 5.56 Å². The second-order valence-electron chi connectivity index (χ2n) is 10.1. The molecule has 0 saturated heterocycles. The van der Waals surface area contributed by atoms with Crippen LogP contribution in [0.25, 0.3) is 22.3 Å². The third-order valence-corrected chi connectivity index (χ3v) is 7.91. The summed E-state index contributed by atoms with van der Waals surface area (Å²) in [6, 6.07) is 13.2. The number of esters is 1. The Bertz CT molecular complexity index is 1750. The van der Waals surface area contributed by atoms with Crippen molar-refractivity contribution in [3.8, 4) is 22.9 Å². The SMILES string of the molecule is CC[C@@]1(O)C(=O)OCc2c1cc1n(c2=O)Cc2c-1nc1cc3c(cc1c2CNCc1ccc(N)cc1)OCO3. The number of aliphatic hydroxyl groups is 1. The summed E-state index contributed by atoms with van der Waals surface area (Å²) in [5.41, 5.74) is 9.84. The topological polar surface area (TPSA) is 138 Å². The number of pyridine rings is 2. The fraction of sp³-hybridized carbons (Fsp3) is 0.276. The van der Waals surface area contributed by atoms with Gasteiger partial charge in [-0.25, -0.2) is 9.78 Å². The number of hydrogen-bond acceptors (Lipinski definition) is 9. The molecule has 0 bridgehead atoms. The van der Waals surface area contributed by atoms with Gasteiger partial charge in [0, 0.05) is 41.4 Å². The van der Waals surface area contributed by atoms with E-state index in [1.54, 1.807) is 17.6 Å². The fourth-order valence-electron chi connectivity index (χ4n) is 5.72. The first-order valence-electron chi connectivity index (χ1n) is 12.8. The van der Waals surface area contributed by atoms with Crippen LogP contribution in [0.5, 0.6) is 11.5 Å². The van der Waals surface area contributed by atoms with E-state index in [0.717, 1.165) is 22.1 Å². The van der Waals surface area contributed by atoms with Crippen LogP contribution in [0.2, 0.25) is 0 Å². The quantitative estimate of drug-likeness (QED) is 0.233. The Kier molecular flexibility index (Phi) is 5.19. The lowest BCUT2D eigenvalue weighted by atomic mass is 9.86. The Balaban J connectivity index is 1.38. The number of fused-ring (bicyclic) bond motifs is 6. The van der Waals surface area contributed by atoms with Crippen molar-refractivity contribution in [2.24, 2.45) is 0 Å². The van der Waals surface area contributed by atoms with Crippen molar-refractivity contribution in [2.75, 3.05) is 12.5 Å². The summed E-state index contributed by atoms with van der Waals surface area (Å²) in [5.74, 6) is 0.516. The zero-order valence-corrected chi connectivity index (χ0v) is 21.2. The van der Waals surface area contributed by atoms with Crippen LogP contribution in [0.15, 0.2) is 47.3 Å². The van der Waals surface area contributed by atoms with Gasteiger partial charge in [0.15, 0.2) is 17.1 Å². The number of benzene rings is 2. The molecule has 0 saturated carbocycles. The van der Waals surface area contributed by atoms with Crippen LogP contribution in [0.4, 0.5) is 5.69 Å². The number of aromatic nitrogens is 2. The summed E-state index contributed by atoms with van der Waals surface area (Å²) in [5, 5.41) is 15.6. The second kappa shape index (κ2) is 8.55. The summed E-state index contributed by atoms with van der Waals surface area (Å²) in [6.45, 7) is 3.10. The van der Waals surface area contributed by atoms with E-state index in [1.807, 2.05) is 36.4 Å². The molecule has 5 heterocycles. The van der Waals surface area contributed by atoms with E-state index >= 15 is 0 Å². The number of carbonyl (C=O) groups is 1. The van der Waals surface area contributed by atoms with E-state index in [2.05, 4.69) is 5.32 Å². The highest BCUT2D eigenvalue weighted by Crippen LogP contribution is 2.43. The van der Waals surface area contributed by atoms with Crippen molar-refractivity contribution < 1.29 is 24.1 Å². The summed E-state index contributed by atoms with van der Waals surface area (Å²) >= 11 is 0. The van der Waals surface area contributed by atoms with E-state index in [0.29, 0.717) is 64.9 Å². The monoisotopic (exact) mass is 526 g/mol. The van der Waals surface area contributed by atoms with Crippen molar-refractivity contribution in [2.45, 2.75) is 45.2 Å². The number of rotatable bonds is 5. The molecular formula is C29H26N4O6. The normalized spacial score (nSPS) is 18.6.